The summed E-state index contributed by atoms with van der Waals surface area (Å²) >= 11 is 0. The standard InChI is InChI=1S/C20H21NO/c1-15(2)22-18-12-10-16(11-13-18)14-21-20-9-5-7-17-6-3-4-8-19(17)20/h3-13,15,21H,14H2,1-2H3. The van der Waals surface area contributed by atoms with E-state index in [1.165, 1.54) is 22.0 Å². The topological polar surface area (TPSA) is 21.3 Å². The highest BCUT2D eigenvalue weighted by molar-refractivity contribution is 5.93. The van der Waals surface area contributed by atoms with Crippen LogP contribution in [0.3, 0.4) is 0 Å². The first-order valence-corrected chi connectivity index (χ1v) is 7.69. The molecule has 0 saturated heterocycles. The van der Waals surface area contributed by atoms with Crippen LogP contribution in [0.15, 0.2) is 66.7 Å². The molecule has 0 aliphatic heterocycles. The Morgan fingerprint density at radius 3 is 2.36 bits per heavy atom. The number of fused-ring (bicyclic) bond motifs is 1. The lowest BCUT2D eigenvalue weighted by molar-refractivity contribution is 0.242. The number of benzene rings is 3. The van der Waals surface area contributed by atoms with E-state index < -0.39 is 0 Å². The maximum absolute atomic E-state index is 5.67. The zero-order chi connectivity index (χ0) is 15.4. The van der Waals surface area contributed by atoms with Gasteiger partial charge in [0, 0.05) is 17.6 Å². The maximum atomic E-state index is 5.67. The number of hydrogen-bond acceptors (Lipinski definition) is 2. The predicted molar refractivity (Wildman–Crippen MR) is 93.5 cm³/mol. The molecule has 0 heterocycles. The first kappa shape index (κ1) is 14.5. The minimum absolute atomic E-state index is 0.208. The van der Waals surface area contributed by atoms with E-state index >= 15 is 0 Å². The summed E-state index contributed by atoms with van der Waals surface area (Å²) in [5, 5.41) is 6.04. The van der Waals surface area contributed by atoms with Crippen molar-refractivity contribution >= 4 is 16.5 Å². The molecular formula is C20H21NO. The van der Waals surface area contributed by atoms with Gasteiger partial charge in [-0.1, -0.05) is 48.5 Å². The number of ether oxygens (including phenoxy) is 1. The third-order valence-electron chi connectivity index (χ3n) is 3.57. The molecule has 0 unspecified atom stereocenters. The van der Waals surface area contributed by atoms with Gasteiger partial charge in [-0.3, -0.25) is 0 Å². The highest BCUT2D eigenvalue weighted by Crippen LogP contribution is 2.23. The molecular weight excluding hydrogens is 270 g/mol. The van der Waals surface area contributed by atoms with Crippen molar-refractivity contribution in [3.63, 3.8) is 0 Å². The Morgan fingerprint density at radius 2 is 1.59 bits per heavy atom. The largest absolute Gasteiger partial charge is 0.491 e. The van der Waals surface area contributed by atoms with Crippen LogP contribution in [0.1, 0.15) is 19.4 Å². The van der Waals surface area contributed by atoms with Crippen molar-refractivity contribution in [2.45, 2.75) is 26.5 Å². The van der Waals surface area contributed by atoms with E-state index in [0.29, 0.717) is 0 Å². The number of anilines is 1. The van der Waals surface area contributed by atoms with Crippen molar-refractivity contribution in [2.24, 2.45) is 0 Å². The van der Waals surface area contributed by atoms with Gasteiger partial charge in [-0.2, -0.15) is 0 Å². The Kier molecular flexibility index (Phi) is 4.29. The molecule has 0 bridgehead atoms. The minimum Gasteiger partial charge on any atom is -0.491 e. The Balaban J connectivity index is 1.71. The molecule has 0 saturated carbocycles. The Labute approximate surface area is 131 Å². The van der Waals surface area contributed by atoms with Crippen molar-refractivity contribution in [3.8, 4) is 5.75 Å². The van der Waals surface area contributed by atoms with Gasteiger partial charge in [-0.25, -0.2) is 0 Å². The van der Waals surface area contributed by atoms with Gasteiger partial charge in [0.1, 0.15) is 5.75 Å². The molecule has 0 atom stereocenters. The zero-order valence-corrected chi connectivity index (χ0v) is 13.0. The van der Waals surface area contributed by atoms with E-state index in [1.54, 1.807) is 0 Å². The number of nitrogens with one attached hydrogen (secondary N) is 1. The fourth-order valence-electron chi connectivity index (χ4n) is 2.53. The Hall–Kier alpha value is -2.48. The van der Waals surface area contributed by atoms with Crippen molar-refractivity contribution in [2.75, 3.05) is 5.32 Å². The zero-order valence-electron chi connectivity index (χ0n) is 13.0. The Morgan fingerprint density at radius 1 is 0.864 bits per heavy atom. The van der Waals surface area contributed by atoms with Crippen LogP contribution in [0.2, 0.25) is 0 Å². The summed E-state index contributed by atoms with van der Waals surface area (Å²) in [6.07, 6.45) is 0.208. The lowest BCUT2D eigenvalue weighted by atomic mass is 10.1. The fourth-order valence-corrected chi connectivity index (χ4v) is 2.53. The summed E-state index contributed by atoms with van der Waals surface area (Å²) in [6.45, 7) is 4.88. The summed E-state index contributed by atoms with van der Waals surface area (Å²) in [4.78, 5) is 0. The Bertz CT molecular complexity index is 742. The van der Waals surface area contributed by atoms with Gasteiger partial charge in [0.15, 0.2) is 0 Å². The van der Waals surface area contributed by atoms with E-state index in [4.69, 9.17) is 4.74 Å². The van der Waals surface area contributed by atoms with Gasteiger partial charge in [0.05, 0.1) is 6.10 Å². The second-order valence-corrected chi connectivity index (χ2v) is 5.69. The summed E-state index contributed by atoms with van der Waals surface area (Å²) in [5.41, 5.74) is 2.41. The fraction of sp³-hybridized carbons (Fsp3) is 0.200. The van der Waals surface area contributed by atoms with E-state index in [9.17, 15) is 0 Å². The van der Waals surface area contributed by atoms with E-state index in [0.717, 1.165) is 12.3 Å². The van der Waals surface area contributed by atoms with Gasteiger partial charge in [0.25, 0.3) is 0 Å². The monoisotopic (exact) mass is 291 g/mol. The average molecular weight is 291 g/mol. The first-order valence-electron chi connectivity index (χ1n) is 7.69. The van der Waals surface area contributed by atoms with Gasteiger partial charge >= 0.3 is 0 Å². The molecule has 3 aromatic rings. The van der Waals surface area contributed by atoms with Gasteiger partial charge in [-0.15, -0.1) is 0 Å². The summed E-state index contributed by atoms with van der Waals surface area (Å²) in [6, 6.07) is 23.0. The van der Waals surface area contributed by atoms with Crippen LogP contribution in [-0.4, -0.2) is 6.10 Å². The molecule has 3 aromatic carbocycles. The first-order chi connectivity index (χ1) is 10.7. The molecule has 2 nitrogen and oxygen atoms in total. The lowest BCUT2D eigenvalue weighted by Gasteiger charge is -2.12. The molecule has 22 heavy (non-hydrogen) atoms. The summed E-state index contributed by atoms with van der Waals surface area (Å²) < 4.78 is 5.67. The lowest BCUT2D eigenvalue weighted by Crippen LogP contribution is -2.05. The normalized spacial score (nSPS) is 10.9. The molecule has 1 N–H and O–H groups in total. The van der Waals surface area contributed by atoms with Gasteiger partial charge < -0.3 is 10.1 Å². The van der Waals surface area contributed by atoms with Crippen LogP contribution in [0.4, 0.5) is 5.69 Å². The van der Waals surface area contributed by atoms with E-state index in [1.807, 2.05) is 26.0 Å². The molecule has 0 aromatic heterocycles. The van der Waals surface area contributed by atoms with E-state index in [2.05, 4.69) is 59.9 Å². The third kappa shape index (κ3) is 3.40. The van der Waals surface area contributed by atoms with Crippen LogP contribution in [0.25, 0.3) is 10.8 Å². The van der Waals surface area contributed by atoms with Crippen molar-refractivity contribution in [1.29, 1.82) is 0 Å². The van der Waals surface area contributed by atoms with Gasteiger partial charge in [0.2, 0.25) is 0 Å². The molecule has 0 radical (unpaired) electrons. The van der Waals surface area contributed by atoms with Crippen LogP contribution in [0.5, 0.6) is 5.75 Å². The third-order valence-corrected chi connectivity index (χ3v) is 3.57. The van der Waals surface area contributed by atoms with Gasteiger partial charge in [-0.05, 0) is 43.0 Å². The highest BCUT2D eigenvalue weighted by atomic mass is 16.5. The molecule has 112 valence electrons. The molecule has 3 rings (SSSR count). The summed E-state index contributed by atoms with van der Waals surface area (Å²) in [7, 11) is 0. The average Bonchev–Trinajstić information content (AvgIpc) is 2.54. The second-order valence-electron chi connectivity index (χ2n) is 5.69. The highest BCUT2D eigenvalue weighted by Gasteiger charge is 2.01. The number of rotatable bonds is 5. The van der Waals surface area contributed by atoms with Crippen LogP contribution >= 0.6 is 0 Å². The molecule has 0 spiro atoms. The van der Waals surface area contributed by atoms with Crippen LogP contribution in [0, 0.1) is 0 Å². The SMILES string of the molecule is CC(C)Oc1ccc(CNc2cccc3ccccc23)cc1. The minimum atomic E-state index is 0.208. The predicted octanol–water partition coefficient (Wildman–Crippen LogP) is 5.24. The smallest absolute Gasteiger partial charge is 0.119 e. The number of hydrogen-bond donors (Lipinski definition) is 1. The van der Waals surface area contributed by atoms with Crippen molar-refractivity contribution < 1.29 is 4.74 Å². The quantitative estimate of drug-likeness (QED) is 0.694. The van der Waals surface area contributed by atoms with Crippen LogP contribution < -0.4 is 10.1 Å². The maximum Gasteiger partial charge on any atom is 0.119 e. The van der Waals surface area contributed by atoms with E-state index in [-0.39, 0.29) is 6.10 Å². The second kappa shape index (κ2) is 6.52. The molecule has 0 fully saturated rings. The van der Waals surface area contributed by atoms with Crippen molar-refractivity contribution in [3.05, 3.63) is 72.3 Å². The van der Waals surface area contributed by atoms with Crippen molar-refractivity contribution in [1.82, 2.24) is 0 Å². The molecule has 0 aliphatic rings. The molecule has 0 amide bonds. The molecule has 0 aliphatic carbocycles. The molecule has 2 heteroatoms. The van der Waals surface area contributed by atoms with Crippen LogP contribution in [-0.2, 0) is 6.54 Å². The summed E-state index contributed by atoms with van der Waals surface area (Å²) in [5.74, 6) is 0.920.